The second kappa shape index (κ2) is 8.21. The Morgan fingerprint density at radius 3 is 2.92 bits per heavy atom. The van der Waals surface area contributed by atoms with E-state index in [9.17, 15) is 0 Å². The molecule has 3 atom stereocenters. The number of carbonyl (C=O) groups is 1. The Bertz CT molecular complexity index is 623. The molecule has 4 rings (SSSR count). The monoisotopic (exact) mass is 347 g/mol. The molecule has 2 aromatic heterocycles. The molecule has 0 amide bonds. The number of aromatic nitrogens is 2. The van der Waals surface area contributed by atoms with Crippen molar-refractivity contribution in [2.24, 2.45) is 11.8 Å². The van der Waals surface area contributed by atoms with Crippen LogP contribution in [0.1, 0.15) is 17.7 Å². The number of hydrogen-bond donors (Lipinski definition) is 1. The Morgan fingerprint density at radius 1 is 1.33 bits per heavy atom. The molecule has 1 aliphatic heterocycles. The fraction of sp³-hybridized carbons (Fsp3) is 0.471. The van der Waals surface area contributed by atoms with Gasteiger partial charge in [-0.3, -0.25) is 19.7 Å². The molecule has 0 spiro atoms. The molecule has 0 bridgehead atoms. The first-order valence-corrected chi connectivity index (χ1v) is 8.92. The molecule has 2 aliphatic rings. The molecule has 1 N–H and O–H groups in total. The summed E-state index contributed by atoms with van der Waals surface area (Å²) in [5, 5.41) is 6.89. The van der Waals surface area contributed by atoms with Crippen molar-refractivity contribution in [2.45, 2.75) is 25.5 Å². The highest BCUT2D eigenvalue weighted by Crippen LogP contribution is 2.40. The average molecular weight is 347 g/mol. The SMILES string of the molecule is O=CO.c1cncc(O[C@@H]2CC[C@@H]3CN(Cc4cncs4)C[C@@H]32)c1. The van der Waals surface area contributed by atoms with Crippen molar-refractivity contribution in [2.75, 3.05) is 13.1 Å². The minimum Gasteiger partial charge on any atom is -0.488 e. The zero-order chi connectivity index (χ0) is 16.8. The molecule has 0 unspecified atom stereocenters. The van der Waals surface area contributed by atoms with Crippen LogP contribution in [0.5, 0.6) is 5.75 Å². The Labute approximate surface area is 145 Å². The number of carboxylic acid groups (broad SMARTS) is 1. The van der Waals surface area contributed by atoms with E-state index in [-0.39, 0.29) is 6.47 Å². The number of pyridine rings is 1. The van der Waals surface area contributed by atoms with Crippen molar-refractivity contribution >= 4 is 17.8 Å². The van der Waals surface area contributed by atoms with Gasteiger partial charge in [0.2, 0.25) is 0 Å². The van der Waals surface area contributed by atoms with Gasteiger partial charge in [-0.1, -0.05) is 0 Å². The molecule has 6 nitrogen and oxygen atoms in total. The third-order valence-corrected chi connectivity index (χ3v) is 5.42. The summed E-state index contributed by atoms with van der Waals surface area (Å²) in [7, 11) is 0. The summed E-state index contributed by atoms with van der Waals surface area (Å²) in [6.07, 6.45) is 8.41. The molecule has 3 heterocycles. The molecule has 7 heteroatoms. The Morgan fingerprint density at radius 2 is 2.21 bits per heavy atom. The molecule has 24 heavy (non-hydrogen) atoms. The topological polar surface area (TPSA) is 75.6 Å². The van der Waals surface area contributed by atoms with Crippen LogP contribution in [0.15, 0.2) is 36.2 Å². The zero-order valence-corrected chi connectivity index (χ0v) is 14.1. The summed E-state index contributed by atoms with van der Waals surface area (Å²) in [6, 6.07) is 3.94. The number of thiazole rings is 1. The van der Waals surface area contributed by atoms with Gasteiger partial charge in [-0.25, -0.2) is 0 Å². The van der Waals surface area contributed by atoms with E-state index in [0.29, 0.717) is 12.0 Å². The van der Waals surface area contributed by atoms with Crippen LogP contribution in [0.25, 0.3) is 0 Å². The van der Waals surface area contributed by atoms with Crippen LogP contribution >= 0.6 is 11.3 Å². The van der Waals surface area contributed by atoms with Gasteiger partial charge in [0.25, 0.3) is 6.47 Å². The van der Waals surface area contributed by atoms with E-state index in [2.05, 4.69) is 14.9 Å². The van der Waals surface area contributed by atoms with Crippen molar-refractivity contribution in [1.29, 1.82) is 0 Å². The van der Waals surface area contributed by atoms with E-state index in [1.54, 1.807) is 17.5 Å². The third kappa shape index (κ3) is 4.10. The van der Waals surface area contributed by atoms with Gasteiger partial charge in [0, 0.05) is 42.8 Å². The number of nitrogens with zero attached hydrogens (tertiary/aromatic N) is 3. The first-order chi connectivity index (χ1) is 11.8. The molecule has 2 aromatic rings. The molecule has 1 saturated heterocycles. The summed E-state index contributed by atoms with van der Waals surface area (Å²) in [5.74, 6) is 2.36. The Hall–Kier alpha value is -1.99. The first kappa shape index (κ1) is 16.9. The van der Waals surface area contributed by atoms with Crippen LogP contribution in [-0.2, 0) is 11.3 Å². The van der Waals surface area contributed by atoms with E-state index in [1.807, 2.05) is 30.0 Å². The third-order valence-electron chi connectivity index (χ3n) is 4.65. The molecule has 0 aromatic carbocycles. The maximum atomic E-state index is 8.36. The number of ether oxygens (including phenoxy) is 1. The maximum absolute atomic E-state index is 8.36. The fourth-order valence-electron chi connectivity index (χ4n) is 3.72. The smallest absolute Gasteiger partial charge is 0.290 e. The molecular weight excluding hydrogens is 326 g/mol. The predicted molar refractivity (Wildman–Crippen MR) is 91.0 cm³/mol. The Balaban J connectivity index is 0.000000526. The van der Waals surface area contributed by atoms with Crippen LogP contribution in [0.3, 0.4) is 0 Å². The quantitative estimate of drug-likeness (QED) is 0.857. The molecule has 1 aliphatic carbocycles. The highest BCUT2D eigenvalue weighted by molar-refractivity contribution is 7.09. The summed E-state index contributed by atoms with van der Waals surface area (Å²) in [5.41, 5.74) is 1.92. The zero-order valence-electron chi connectivity index (χ0n) is 13.3. The van der Waals surface area contributed by atoms with Crippen LogP contribution in [0, 0.1) is 11.8 Å². The van der Waals surface area contributed by atoms with Crippen LogP contribution in [0.4, 0.5) is 0 Å². The van der Waals surface area contributed by atoms with Gasteiger partial charge in [0.05, 0.1) is 11.7 Å². The van der Waals surface area contributed by atoms with Crippen molar-refractivity contribution in [3.63, 3.8) is 0 Å². The van der Waals surface area contributed by atoms with E-state index in [1.165, 1.54) is 24.3 Å². The van der Waals surface area contributed by atoms with E-state index >= 15 is 0 Å². The van der Waals surface area contributed by atoms with Gasteiger partial charge in [0.1, 0.15) is 11.9 Å². The standard InChI is InChI=1S/C16H19N3OS.CH2O2/c1-2-13(6-17-5-1)20-16-4-3-12-8-19(10-15(12)16)9-14-7-18-11-21-14;2-1-3/h1-2,5-7,11-12,15-16H,3-4,8-10H2;1H,(H,2,3)/t12-,15+,16-;/m1./s1. The van der Waals surface area contributed by atoms with Gasteiger partial charge in [-0.2, -0.15) is 0 Å². The van der Waals surface area contributed by atoms with Crippen LogP contribution in [0.2, 0.25) is 0 Å². The molecule has 2 fully saturated rings. The lowest BCUT2D eigenvalue weighted by atomic mass is 9.99. The average Bonchev–Trinajstić information content (AvgIpc) is 3.29. The van der Waals surface area contributed by atoms with E-state index in [4.69, 9.17) is 14.6 Å². The minimum atomic E-state index is -0.250. The lowest BCUT2D eigenvalue weighted by molar-refractivity contribution is -0.122. The number of hydrogen-bond acceptors (Lipinski definition) is 6. The maximum Gasteiger partial charge on any atom is 0.290 e. The summed E-state index contributed by atoms with van der Waals surface area (Å²) < 4.78 is 6.17. The highest BCUT2D eigenvalue weighted by atomic mass is 32.1. The van der Waals surface area contributed by atoms with Gasteiger partial charge < -0.3 is 9.84 Å². The normalized spacial score (nSPS) is 25.6. The first-order valence-electron chi connectivity index (χ1n) is 8.04. The number of fused-ring (bicyclic) bond motifs is 1. The molecular formula is C17H21N3O3S. The lowest BCUT2D eigenvalue weighted by Gasteiger charge is -2.21. The molecule has 128 valence electrons. The molecule has 1 saturated carbocycles. The minimum absolute atomic E-state index is 0.250. The van der Waals surface area contributed by atoms with Gasteiger partial charge >= 0.3 is 0 Å². The summed E-state index contributed by atoms with van der Waals surface area (Å²) >= 11 is 1.75. The van der Waals surface area contributed by atoms with Crippen molar-refractivity contribution in [3.8, 4) is 5.75 Å². The van der Waals surface area contributed by atoms with Crippen LogP contribution < -0.4 is 4.74 Å². The van der Waals surface area contributed by atoms with Crippen LogP contribution in [-0.4, -0.2) is 45.6 Å². The summed E-state index contributed by atoms with van der Waals surface area (Å²) in [4.78, 5) is 20.6. The number of rotatable bonds is 4. The highest BCUT2D eigenvalue weighted by Gasteiger charge is 2.43. The van der Waals surface area contributed by atoms with Gasteiger partial charge in [-0.15, -0.1) is 11.3 Å². The second-order valence-electron chi connectivity index (χ2n) is 6.11. The van der Waals surface area contributed by atoms with Crippen molar-refractivity contribution in [1.82, 2.24) is 14.9 Å². The lowest BCUT2D eigenvalue weighted by Crippen LogP contribution is -2.28. The Kier molecular flexibility index (Phi) is 5.77. The summed E-state index contributed by atoms with van der Waals surface area (Å²) in [6.45, 7) is 3.14. The number of likely N-dealkylation sites (tertiary alicyclic amines) is 1. The largest absolute Gasteiger partial charge is 0.488 e. The van der Waals surface area contributed by atoms with Gasteiger partial charge in [0.15, 0.2) is 0 Å². The van der Waals surface area contributed by atoms with Gasteiger partial charge in [-0.05, 0) is 30.9 Å². The fourth-order valence-corrected chi connectivity index (χ4v) is 4.35. The van der Waals surface area contributed by atoms with E-state index in [0.717, 1.165) is 24.8 Å². The molecule has 0 radical (unpaired) electrons. The predicted octanol–water partition coefficient (Wildman–Crippen LogP) is 2.53. The second-order valence-corrected chi connectivity index (χ2v) is 7.08. The van der Waals surface area contributed by atoms with Crippen molar-refractivity contribution in [3.05, 3.63) is 41.1 Å². The van der Waals surface area contributed by atoms with E-state index < -0.39 is 0 Å². The van der Waals surface area contributed by atoms with Crippen molar-refractivity contribution < 1.29 is 14.6 Å².